The highest BCUT2D eigenvalue weighted by atomic mass is 16.5. The predicted molar refractivity (Wildman–Crippen MR) is 96.2 cm³/mol. The number of rotatable bonds is 7. The Labute approximate surface area is 145 Å². The van der Waals surface area contributed by atoms with Crippen LogP contribution in [0, 0.1) is 11.8 Å². The van der Waals surface area contributed by atoms with E-state index >= 15 is 0 Å². The van der Waals surface area contributed by atoms with Crippen molar-refractivity contribution in [2.75, 3.05) is 34.3 Å². The van der Waals surface area contributed by atoms with Gasteiger partial charge < -0.3 is 14.5 Å². The molecule has 1 amide bonds. The Balaban J connectivity index is 1.46. The molecule has 2 atom stereocenters. The maximum absolute atomic E-state index is 12.6. The fourth-order valence-electron chi connectivity index (χ4n) is 3.94. The second-order valence-corrected chi connectivity index (χ2v) is 7.53. The summed E-state index contributed by atoms with van der Waals surface area (Å²) in [7, 11) is 5.98. The number of hydrogen-bond acceptors (Lipinski definition) is 3. The Bertz CT molecular complexity index is 541. The summed E-state index contributed by atoms with van der Waals surface area (Å²) in [5.74, 6) is 2.76. The van der Waals surface area contributed by atoms with Crippen molar-refractivity contribution in [3.8, 4) is 5.75 Å². The minimum atomic E-state index is 0.332. The van der Waals surface area contributed by atoms with Crippen LogP contribution in [0.2, 0.25) is 0 Å². The molecule has 4 heteroatoms. The summed E-state index contributed by atoms with van der Waals surface area (Å²) in [6.45, 7) is 1.88. The van der Waals surface area contributed by atoms with E-state index in [9.17, 15) is 4.79 Å². The third kappa shape index (κ3) is 4.10. The summed E-state index contributed by atoms with van der Waals surface area (Å²) in [5.41, 5.74) is 1.27. The van der Waals surface area contributed by atoms with Crippen LogP contribution in [0.15, 0.2) is 24.3 Å². The molecule has 0 unspecified atom stereocenters. The van der Waals surface area contributed by atoms with E-state index < -0.39 is 0 Å². The van der Waals surface area contributed by atoms with Crippen LogP contribution in [-0.4, -0.2) is 56.0 Å². The van der Waals surface area contributed by atoms with Gasteiger partial charge in [0.2, 0.25) is 5.91 Å². The SMILES string of the molecule is COc1ccc(CCCC(=O)N2C[C@H](C3CC3)[C@@H](N(C)C)C2)cc1. The number of carbonyl (C=O) groups is 1. The lowest BCUT2D eigenvalue weighted by Crippen LogP contribution is -2.36. The van der Waals surface area contributed by atoms with Gasteiger partial charge in [0.15, 0.2) is 0 Å². The Hall–Kier alpha value is -1.55. The van der Waals surface area contributed by atoms with Crippen molar-refractivity contribution in [2.45, 2.75) is 38.1 Å². The van der Waals surface area contributed by atoms with Gasteiger partial charge >= 0.3 is 0 Å². The van der Waals surface area contributed by atoms with E-state index in [0.717, 1.165) is 37.6 Å². The fourth-order valence-corrected chi connectivity index (χ4v) is 3.94. The van der Waals surface area contributed by atoms with Crippen molar-refractivity contribution in [3.05, 3.63) is 29.8 Å². The molecule has 0 bridgehead atoms. The highest BCUT2D eigenvalue weighted by Crippen LogP contribution is 2.42. The van der Waals surface area contributed by atoms with Crippen LogP contribution < -0.4 is 4.74 Å². The summed E-state index contributed by atoms with van der Waals surface area (Å²) in [4.78, 5) is 17.0. The molecule has 1 aromatic rings. The lowest BCUT2D eigenvalue weighted by molar-refractivity contribution is -0.130. The van der Waals surface area contributed by atoms with Gasteiger partial charge in [-0.3, -0.25) is 4.79 Å². The predicted octanol–water partition coefficient (Wildman–Crippen LogP) is 2.82. The number of ether oxygens (including phenoxy) is 1. The first-order valence-electron chi connectivity index (χ1n) is 9.15. The number of carbonyl (C=O) groups excluding carboxylic acids is 1. The number of likely N-dealkylation sites (N-methyl/N-ethyl adjacent to an activating group) is 1. The van der Waals surface area contributed by atoms with E-state index in [1.807, 2.05) is 12.1 Å². The summed E-state index contributed by atoms with van der Waals surface area (Å²) in [6, 6.07) is 8.69. The molecule has 0 aromatic heterocycles. The van der Waals surface area contributed by atoms with Gasteiger partial charge in [-0.1, -0.05) is 12.1 Å². The molecule has 0 N–H and O–H groups in total. The molecule has 3 rings (SSSR count). The highest BCUT2D eigenvalue weighted by molar-refractivity contribution is 5.76. The Kier molecular flexibility index (Phi) is 5.44. The largest absolute Gasteiger partial charge is 0.497 e. The maximum atomic E-state index is 12.6. The van der Waals surface area contributed by atoms with Crippen LogP contribution in [0.4, 0.5) is 0 Å². The molecule has 132 valence electrons. The van der Waals surface area contributed by atoms with Crippen molar-refractivity contribution < 1.29 is 9.53 Å². The topological polar surface area (TPSA) is 32.8 Å². The summed E-state index contributed by atoms with van der Waals surface area (Å²) < 4.78 is 5.18. The molecular weight excluding hydrogens is 300 g/mol. The van der Waals surface area contributed by atoms with Crippen molar-refractivity contribution in [1.29, 1.82) is 0 Å². The molecule has 1 saturated heterocycles. The van der Waals surface area contributed by atoms with Crippen LogP contribution >= 0.6 is 0 Å². The van der Waals surface area contributed by atoms with Crippen LogP contribution in [0.1, 0.15) is 31.2 Å². The first kappa shape index (κ1) is 17.3. The van der Waals surface area contributed by atoms with Gasteiger partial charge in [0.25, 0.3) is 0 Å². The van der Waals surface area contributed by atoms with Gasteiger partial charge in [0.1, 0.15) is 5.75 Å². The average molecular weight is 330 g/mol. The Morgan fingerprint density at radius 3 is 2.50 bits per heavy atom. The molecule has 0 radical (unpaired) electrons. The lowest BCUT2D eigenvalue weighted by atomic mass is 9.97. The average Bonchev–Trinajstić information content (AvgIpc) is 3.33. The zero-order valence-corrected chi connectivity index (χ0v) is 15.2. The first-order chi connectivity index (χ1) is 11.6. The maximum Gasteiger partial charge on any atom is 0.222 e. The van der Waals surface area contributed by atoms with Gasteiger partial charge in [0, 0.05) is 25.6 Å². The smallest absolute Gasteiger partial charge is 0.222 e. The molecule has 1 heterocycles. The second kappa shape index (κ2) is 7.56. The second-order valence-electron chi connectivity index (χ2n) is 7.53. The quantitative estimate of drug-likeness (QED) is 0.771. The number of methoxy groups -OCH3 is 1. The van der Waals surface area contributed by atoms with E-state index in [4.69, 9.17) is 4.74 Å². The van der Waals surface area contributed by atoms with Gasteiger partial charge in [-0.2, -0.15) is 0 Å². The van der Waals surface area contributed by atoms with Crippen molar-refractivity contribution >= 4 is 5.91 Å². The molecule has 4 nitrogen and oxygen atoms in total. The third-order valence-corrected chi connectivity index (χ3v) is 5.59. The third-order valence-electron chi connectivity index (χ3n) is 5.59. The lowest BCUT2D eigenvalue weighted by Gasteiger charge is -2.24. The molecule has 1 saturated carbocycles. The van der Waals surface area contributed by atoms with E-state index in [0.29, 0.717) is 24.3 Å². The Morgan fingerprint density at radius 2 is 1.92 bits per heavy atom. The number of aryl methyl sites for hydroxylation is 1. The fraction of sp³-hybridized carbons (Fsp3) is 0.650. The number of nitrogens with zero attached hydrogens (tertiary/aromatic N) is 2. The van der Waals surface area contributed by atoms with E-state index in [1.165, 1.54) is 18.4 Å². The van der Waals surface area contributed by atoms with Crippen molar-refractivity contribution in [2.24, 2.45) is 11.8 Å². The number of hydrogen-bond donors (Lipinski definition) is 0. The van der Waals surface area contributed by atoms with Crippen molar-refractivity contribution in [3.63, 3.8) is 0 Å². The van der Waals surface area contributed by atoms with Gasteiger partial charge in [-0.05, 0) is 69.3 Å². The van der Waals surface area contributed by atoms with Gasteiger partial charge in [-0.15, -0.1) is 0 Å². The van der Waals surface area contributed by atoms with Crippen molar-refractivity contribution in [1.82, 2.24) is 9.80 Å². The standard InChI is InChI=1S/C20H30N2O2/c1-21(2)19-14-22(13-18(19)16-9-10-16)20(23)6-4-5-15-7-11-17(24-3)12-8-15/h7-8,11-12,16,18-19H,4-6,9-10,13-14H2,1-3H3/t18-,19+/m1/s1. The van der Waals surface area contributed by atoms with Crippen LogP contribution in [0.5, 0.6) is 5.75 Å². The summed E-state index contributed by atoms with van der Waals surface area (Å²) in [5, 5.41) is 0. The van der Waals surface area contributed by atoms with Crippen LogP contribution in [0.25, 0.3) is 0 Å². The Morgan fingerprint density at radius 1 is 1.21 bits per heavy atom. The summed E-state index contributed by atoms with van der Waals surface area (Å²) >= 11 is 0. The summed E-state index contributed by atoms with van der Waals surface area (Å²) in [6.07, 6.45) is 5.24. The van der Waals surface area contributed by atoms with Crippen LogP contribution in [0.3, 0.4) is 0 Å². The van der Waals surface area contributed by atoms with Crippen LogP contribution in [-0.2, 0) is 11.2 Å². The minimum Gasteiger partial charge on any atom is -0.497 e. The van der Waals surface area contributed by atoms with Gasteiger partial charge in [0.05, 0.1) is 7.11 Å². The molecule has 1 aliphatic carbocycles. The zero-order chi connectivity index (χ0) is 17.1. The monoisotopic (exact) mass is 330 g/mol. The molecule has 1 aromatic carbocycles. The molecule has 1 aliphatic heterocycles. The highest BCUT2D eigenvalue weighted by Gasteiger charge is 2.44. The molecule has 0 spiro atoms. The molecule has 2 aliphatic rings. The molecule has 2 fully saturated rings. The zero-order valence-electron chi connectivity index (χ0n) is 15.2. The first-order valence-corrected chi connectivity index (χ1v) is 9.15. The normalized spacial score (nSPS) is 23.8. The van der Waals surface area contributed by atoms with E-state index in [1.54, 1.807) is 7.11 Å². The minimum absolute atomic E-state index is 0.332. The molecule has 24 heavy (non-hydrogen) atoms. The number of amides is 1. The number of likely N-dealkylation sites (tertiary alicyclic amines) is 1. The number of benzene rings is 1. The van der Waals surface area contributed by atoms with E-state index in [2.05, 4.69) is 36.0 Å². The van der Waals surface area contributed by atoms with Gasteiger partial charge in [-0.25, -0.2) is 0 Å². The van der Waals surface area contributed by atoms with E-state index in [-0.39, 0.29) is 0 Å². The molecular formula is C20H30N2O2.